The molecule has 1 amide bonds. The molecule has 5 nitrogen and oxygen atoms in total. The second kappa shape index (κ2) is 5.76. The molecule has 1 N–H and O–H groups in total. The topological polar surface area (TPSA) is 72.5 Å². The van der Waals surface area contributed by atoms with Gasteiger partial charge in [-0.2, -0.15) is 4.39 Å². The molecule has 0 radical (unpaired) electrons. The number of hydrogen-bond acceptors (Lipinski definition) is 4. The van der Waals surface area contributed by atoms with E-state index in [0.717, 1.165) is 25.0 Å². The minimum atomic E-state index is -4.40. The number of benzene rings is 1. The average Bonchev–Trinajstić information content (AvgIpc) is 3.17. The van der Waals surface area contributed by atoms with E-state index < -0.39 is 43.3 Å². The molecule has 1 saturated carbocycles. The Morgan fingerprint density at radius 3 is 2.52 bits per heavy atom. The molecular formula is C12H12ClF2NO4S. The number of halogens is 3. The molecule has 0 aliphatic heterocycles. The Hall–Kier alpha value is -1.41. The van der Waals surface area contributed by atoms with Crippen LogP contribution in [-0.2, 0) is 13.8 Å². The molecule has 1 aromatic rings. The van der Waals surface area contributed by atoms with E-state index in [2.05, 4.69) is 5.32 Å². The second-order valence-electron chi connectivity index (χ2n) is 4.67. The van der Waals surface area contributed by atoms with Crippen LogP contribution < -0.4 is 10.1 Å². The number of nitrogens with one attached hydrogen (secondary N) is 1. The van der Waals surface area contributed by atoms with Crippen molar-refractivity contribution in [3.63, 3.8) is 0 Å². The van der Waals surface area contributed by atoms with Crippen molar-refractivity contribution in [2.45, 2.75) is 36.8 Å². The smallest absolute Gasteiger partial charge is 0.264 e. The summed E-state index contributed by atoms with van der Waals surface area (Å²) in [4.78, 5) is 10.7. The van der Waals surface area contributed by atoms with Gasteiger partial charge in [0.05, 0.1) is 0 Å². The van der Waals surface area contributed by atoms with E-state index in [-0.39, 0.29) is 6.04 Å². The number of carbonyl (C=O) groups is 1. The molecule has 1 aromatic carbocycles. The molecule has 0 bridgehead atoms. The van der Waals surface area contributed by atoms with Crippen LogP contribution in [0.4, 0.5) is 8.78 Å². The Kier molecular flexibility index (Phi) is 4.38. The minimum Gasteiger partial charge on any atom is -0.478 e. The van der Waals surface area contributed by atoms with E-state index >= 15 is 0 Å². The zero-order valence-electron chi connectivity index (χ0n) is 10.9. The highest BCUT2D eigenvalue weighted by molar-refractivity contribution is 8.13. The number of ether oxygens (including phenoxy) is 1. The van der Waals surface area contributed by atoms with Crippen molar-refractivity contribution in [1.29, 1.82) is 0 Å². The zero-order valence-corrected chi connectivity index (χ0v) is 12.5. The van der Waals surface area contributed by atoms with Crippen LogP contribution in [0.1, 0.15) is 19.8 Å². The summed E-state index contributed by atoms with van der Waals surface area (Å²) < 4.78 is 54.4. The fourth-order valence-electron chi connectivity index (χ4n) is 1.58. The maximum atomic E-state index is 13.7. The first-order chi connectivity index (χ1) is 9.70. The van der Waals surface area contributed by atoms with Crippen LogP contribution in [0.5, 0.6) is 5.75 Å². The molecule has 1 atom stereocenters. The summed E-state index contributed by atoms with van der Waals surface area (Å²) in [6, 6.07) is 1.80. The SMILES string of the molecule is CC(Oc1ccc(S(=O)(=O)Cl)c(F)c1F)C(=O)NC1CC1. The summed E-state index contributed by atoms with van der Waals surface area (Å²) in [7, 11) is 0.566. The number of rotatable bonds is 5. The molecular weight excluding hydrogens is 328 g/mol. The van der Waals surface area contributed by atoms with Gasteiger partial charge in [-0.15, -0.1) is 0 Å². The Labute approximate surface area is 124 Å². The first-order valence-corrected chi connectivity index (χ1v) is 8.40. The maximum Gasteiger partial charge on any atom is 0.264 e. The Bertz CT molecular complexity index is 676. The van der Waals surface area contributed by atoms with Crippen LogP contribution in [0, 0.1) is 11.6 Å². The van der Waals surface area contributed by atoms with Crippen LogP contribution in [0.2, 0.25) is 0 Å². The van der Waals surface area contributed by atoms with Gasteiger partial charge in [-0.25, -0.2) is 12.8 Å². The molecule has 9 heteroatoms. The van der Waals surface area contributed by atoms with Gasteiger partial charge in [0.15, 0.2) is 17.7 Å². The van der Waals surface area contributed by atoms with Crippen LogP contribution in [0.3, 0.4) is 0 Å². The summed E-state index contributed by atoms with van der Waals surface area (Å²) in [6.45, 7) is 1.38. The first kappa shape index (κ1) is 16.0. The highest BCUT2D eigenvalue weighted by Crippen LogP contribution is 2.28. The van der Waals surface area contributed by atoms with E-state index in [1.807, 2.05) is 0 Å². The van der Waals surface area contributed by atoms with E-state index in [1.54, 1.807) is 0 Å². The number of carbonyl (C=O) groups excluding carboxylic acids is 1. The largest absolute Gasteiger partial charge is 0.478 e. The van der Waals surface area contributed by atoms with Crippen LogP contribution >= 0.6 is 10.7 Å². The fraction of sp³-hybridized carbons (Fsp3) is 0.417. The molecule has 116 valence electrons. The summed E-state index contributed by atoms with van der Waals surface area (Å²) >= 11 is 0. The maximum absolute atomic E-state index is 13.7. The normalized spacial score (nSPS) is 16.4. The summed E-state index contributed by atoms with van der Waals surface area (Å²) in [5.74, 6) is -4.17. The lowest BCUT2D eigenvalue weighted by Gasteiger charge is -2.15. The molecule has 21 heavy (non-hydrogen) atoms. The van der Waals surface area contributed by atoms with E-state index in [9.17, 15) is 22.0 Å². The Morgan fingerprint density at radius 1 is 1.38 bits per heavy atom. The average molecular weight is 340 g/mol. The van der Waals surface area contributed by atoms with E-state index in [4.69, 9.17) is 15.4 Å². The predicted octanol–water partition coefficient (Wildman–Crippen LogP) is 1.94. The minimum absolute atomic E-state index is 0.105. The van der Waals surface area contributed by atoms with Gasteiger partial charge in [-0.1, -0.05) is 0 Å². The molecule has 1 fully saturated rings. The van der Waals surface area contributed by atoms with Crippen LogP contribution in [-0.4, -0.2) is 26.5 Å². The molecule has 1 aliphatic rings. The highest BCUT2D eigenvalue weighted by Gasteiger charge is 2.28. The monoisotopic (exact) mass is 339 g/mol. The third-order valence-corrected chi connectivity index (χ3v) is 4.21. The van der Waals surface area contributed by atoms with E-state index in [1.165, 1.54) is 6.92 Å². The molecule has 1 aliphatic carbocycles. The van der Waals surface area contributed by atoms with Crippen molar-refractivity contribution in [2.75, 3.05) is 0 Å². The second-order valence-corrected chi connectivity index (χ2v) is 7.20. The number of amides is 1. The lowest BCUT2D eigenvalue weighted by molar-refractivity contribution is -0.127. The van der Waals surface area contributed by atoms with Gasteiger partial charge in [0.1, 0.15) is 4.90 Å². The van der Waals surface area contributed by atoms with Gasteiger partial charge in [-0.05, 0) is 31.9 Å². The molecule has 0 saturated heterocycles. The lowest BCUT2D eigenvalue weighted by Crippen LogP contribution is -2.37. The van der Waals surface area contributed by atoms with E-state index in [0.29, 0.717) is 0 Å². The summed E-state index contributed by atoms with van der Waals surface area (Å²) in [5.41, 5.74) is 0. The van der Waals surface area contributed by atoms with Crippen molar-refractivity contribution in [3.8, 4) is 5.75 Å². The van der Waals surface area contributed by atoms with Gasteiger partial charge in [0.2, 0.25) is 5.82 Å². The lowest BCUT2D eigenvalue weighted by atomic mass is 10.3. The molecule has 2 rings (SSSR count). The van der Waals surface area contributed by atoms with Crippen molar-refractivity contribution in [1.82, 2.24) is 5.32 Å². The zero-order chi connectivity index (χ0) is 15.8. The van der Waals surface area contributed by atoms with Gasteiger partial charge >= 0.3 is 0 Å². The third-order valence-electron chi connectivity index (χ3n) is 2.87. The first-order valence-electron chi connectivity index (χ1n) is 6.10. The van der Waals surface area contributed by atoms with Gasteiger partial charge in [0, 0.05) is 16.7 Å². The van der Waals surface area contributed by atoms with Crippen molar-refractivity contribution < 1.29 is 26.7 Å². The Morgan fingerprint density at radius 2 is 2.00 bits per heavy atom. The predicted molar refractivity (Wildman–Crippen MR) is 70.7 cm³/mol. The number of hydrogen-bond donors (Lipinski definition) is 1. The third kappa shape index (κ3) is 3.82. The fourth-order valence-corrected chi connectivity index (χ4v) is 2.48. The van der Waals surface area contributed by atoms with Crippen LogP contribution in [0.25, 0.3) is 0 Å². The van der Waals surface area contributed by atoms with Gasteiger partial charge in [0.25, 0.3) is 15.0 Å². The summed E-state index contributed by atoms with van der Waals surface area (Å²) in [6.07, 6.45) is 0.714. The molecule has 0 aromatic heterocycles. The molecule has 1 unspecified atom stereocenters. The van der Waals surface area contributed by atoms with Gasteiger partial charge < -0.3 is 10.1 Å². The quantitative estimate of drug-likeness (QED) is 0.832. The molecule has 0 heterocycles. The van der Waals surface area contributed by atoms with Crippen molar-refractivity contribution in [2.24, 2.45) is 0 Å². The van der Waals surface area contributed by atoms with Crippen molar-refractivity contribution in [3.05, 3.63) is 23.8 Å². The Balaban J connectivity index is 2.17. The van der Waals surface area contributed by atoms with Crippen LogP contribution in [0.15, 0.2) is 17.0 Å². The summed E-state index contributed by atoms with van der Waals surface area (Å²) in [5, 5.41) is 2.65. The van der Waals surface area contributed by atoms with Gasteiger partial charge in [-0.3, -0.25) is 4.79 Å². The molecule has 0 spiro atoms. The highest BCUT2D eigenvalue weighted by atomic mass is 35.7. The van der Waals surface area contributed by atoms with Crippen molar-refractivity contribution >= 4 is 25.6 Å². The standard InChI is InChI=1S/C12H12ClF2NO4S/c1-6(12(17)16-7-2-3-7)20-8-4-5-9(21(13,18)19)11(15)10(8)14/h4-7H,2-3H2,1H3,(H,16,17).